The molecule has 13 nitrogen and oxygen atoms in total. The molecule has 48 heavy (non-hydrogen) atoms. The van der Waals surface area contributed by atoms with Crippen molar-refractivity contribution in [1.29, 1.82) is 5.26 Å². The summed E-state index contributed by atoms with van der Waals surface area (Å²) in [4.78, 5) is 39.9. The van der Waals surface area contributed by atoms with Gasteiger partial charge in [0.15, 0.2) is 0 Å². The van der Waals surface area contributed by atoms with Crippen LogP contribution in [0.5, 0.6) is 6.01 Å². The molecule has 1 atom stereocenters. The molecule has 0 radical (unpaired) electrons. The highest BCUT2D eigenvalue weighted by molar-refractivity contribution is 5.91. The Balaban J connectivity index is 1.34. The normalized spacial score (nSPS) is 11.4. The van der Waals surface area contributed by atoms with E-state index in [1.807, 2.05) is 61.3 Å². The van der Waals surface area contributed by atoms with Gasteiger partial charge in [-0.2, -0.15) is 10.4 Å². The third-order valence-electron chi connectivity index (χ3n) is 7.91. The zero-order valence-corrected chi connectivity index (χ0v) is 27.6. The molecule has 1 aromatic carbocycles. The summed E-state index contributed by atoms with van der Waals surface area (Å²) in [7, 11) is 3.34. The molecule has 0 aliphatic heterocycles. The van der Waals surface area contributed by atoms with Crippen LogP contribution >= 0.6 is 0 Å². The van der Waals surface area contributed by atoms with Gasteiger partial charge >= 0.3 is 12.0 Å². The number of H-pyrrole nitrogens is 1. The number of pyridine rings is 1. The molecule has 13 heteroatoms. The number of amides is 2. The molecule has 0 saturated heterocycles. The number of carbonyl (C=O) groups is 1. The van der Waals surface area contributed by atoms with Crippen LogP contribution in [-0.2, 0) is 6.54 Å². The Morgan fingerprint density at radius 1 is 1.00 bits per heavy atom. The van der Waals surface area contributed by atoms with Crippen molar-refractivity contribution in [3.63, 3.8) is 0 Å². The number of benzene rings is 1. The summed E-state index contributed by atoms with van der Waals surface area (Å²) >= 11 is 0. The average Bonchev–Trinajstić information content (AvgIpc) is 3.56. The van der Waals surface area contributed by atoms with E-state index in [9.17, 15) is 10.1 Å². The lowest BCUT2D eigenvalue weighted by Crippen LogP contribution is -2.47. The Hall–Kier alpha value is -5.90. The first-order valence-electron chi connectivity index (χ1n) is 15.8. The number of urea groups is 1. The van der Waals surface area contributed by atoms with E-state index in [2.05, 4.69) is 48.4 Å². The Bertz CT molecular complexity index is 1820. The van der Waals surface area contributed by atoms with E-state index < -0.39 is 0 Å². The number of aryl methyl sites for hydroxylation is 1. The minimum atomic E-state index is -0.131. The number of hydrogen-bond donors (Lipinski definition) is 2. The Morgan fingerprint density at radius 3 is 2.42 bits per heavy atom. The summed E-state index contributed by atoms with van der Waals surface area (Å²) in [5.41, 5.74) is 5.14. The van der Waals surface area contributed by atoms with E-state index in [4.69, 9.17) is 9.72 Å². The summed E-state index contributed by atoms with van der Waals surface area (Å²) in [6.45, 7) is 5.03. The molecule has 5 rings (SSSR count). The molecular formula is C35H39N11O2. The van der Waals surface area contributed by atoms with Crippen molar-refractivity contribution in [3.8, 4) is 34.5 Å². The first-order chi connectivity index (χ1) is 23.4. The molecule has 0 unspecified atom stereocenters. The molecule has 2 N–H and O–H groups in total. The van der Waals surface area contributed by atoms with E-state index in [1.165, 1.54) is 13.3 Å². The fourth-order valence-corrected chi connectivity index (χ4v) is 5.44. The van der Waals surface area contributed by atoms with Crippen LogP contribution in [0.3, 0.4) is 0 Å². The first-order valence-corrected chi connectivity index (χ1v) is 15.8. The number of nitrogens with one attached hydrogen (secondary N) is 2. The molecule has 2 amide bonds. The van der Waals surface area contributed by atoms with Crippen molar-refractivity contribution >= 4 is 17.8 Å². The van der Waals surface area contributed by atoms with E-state index in [0.717, 1.165) is 47.2 Å². The number of carbonyl (C=O) groups excluding carboxylic acids is 1. The van der Waals surface area contributed by atoms with Crippen molar-refractivity contribution in [3.05, 3.63) is 90.3 Å². The fraction of sp³-hybridized carbons (Fsp3) is 0.314. The average molecular weight is 646 g/mol. The van der Waals surface area contributed by atoms with Crippen LogP contribution in [0.4, 0.5) is 16.6 Å². The van der Waals surface area contributed by atoms with Gasteiger partial charge < -0.3 is 15.0 Å². The molecule has 246 valence electrons. The number of hydrogen-bond acceptors (Lipinski definition) is 10. The maximum absolute atomic E-state index is 14.2. The van der Waals surface area contributed by atoms with E-state index >= 15 is 0 Å². The fourth-order valence-electron chi connectivity index (χ4n) is 5.44. The number of anilines is 2. The van der Waals surface area contributed by atoms with Gasteiger partial charge in [0, 0.05) is 67.2 Å². The molecule has 0 aliphatic rings. The van der Waals surface area contributed by atoms with Crippen LogP contribution in [0.25, 0.3) is 22.4 Å². The maximum atomic E-state index is 14.2. The highest BCUT2D eigenvalue weighted by atomic mass is 16.5. The lowest BCUT2D eigenvalue weighted by Gasteiger charge is -2.34. The number of aromatic amines is 1. The predicted molar refractivity (Wildman–Crippen MR) is 183 cm³/mol. The summed E-state index contributed by atoms with van der Waals surface area (Å²) in [6.07, 6.45) is 11.4. The van der Waals surface area contributed by atoms with Gasteiger partial charge in [0.2, 0.25) is 5.95 Å². The molecule has 0 saturated carbocycles. The number of methoxy groups -OCH3 is 1. The first kappa shape index (κ1) is 33.5. The molecule has 0 fully saturated rings. The molecule has 4 aromatic heterocycles. The van der Waals surface area contributed by atoms with Gasteiger partial charge in [0.1, 0.15) is 11.9 Å². The van der Waals surface area contributed by atoms with E-state index in [-0.39, 0.29) is 18.1 Å². The number of nitriles is 1. The van der Waals surface area contributed by atoms with Crippen molar-refractivity contribution in [2.24, 2.45) is 0 Å². The largest absolute Gasteiger partial charge is 0.467 e. The quantitative estimate of drug-likeness (QED) is 0.136. The predicted octanol–water partition coefficient (Wildman–Crippen LogP) is 6.03. The lowest BCUT2D eigenvalue weighted by atomic mass is 10.0. The highest BCUT2D eigenvalue weighted by Crippen LogP contribution is 2.27. The van der Waals surface area contributed by atoms with E-state index in [1.54, 1.807) is 29.7 Å². The van der Waals surface area contributed by atoms with Crippen LogP contribution in [0.2, 0.25) is 0 Å². The second-order valence-electron chi connectivity index (χ2n) is 11.3. The second-order valence-corrected chi connectivity index (χ2v) is 11.3. The van der Waals surface area contributed by atoms with Crippen LogP contribution in [-0.4, -0.2) is 72.8 Å². The SMILES string of the molecule is CCC[C@@H](CCCNc1ncc(C#N)c(-c2cn[nH]c2C)n1)N(C(=O)N(C)Cc1ccccc1)c1ccc(-c2cnc(OC)nc2)cn1. The molecular weight excluding hydrogens is 606 g/mol. The van der Waals surface area contributed by atoms with Crippen molar-refractivity contribution in [2.45, 2.75) is 52.1 Å². The lowest BCUT2D eigenvalue weighted by molar-refractivity contribution is 0.209. The third kappa shape index (κ3) is 8.08. The van der Waals surface area contributed by atoms with Gasteiger partial charge in [-0.1, -0.05) is 43.7 Å². The third-order valence-corrected chi connectivity index (χ3v) is 7.91. The van der Waals surface area contributed by atoms with E-state index in [0.29, 0.717) is 42.5 Å². The smallest absolute Gasteiger partial charge is 0.325 e. The second kappa shape index (κ2) is 16.1. The van der Waals surface area contributed by atoms with Crippen LogP contribution in [0.1, 0.15) is 49.4 Å². The Labute approximate surface area is 280 Å². The van der Waals surface area contributed by atoms with Crippen molar-refractivity contribution in [1.82, 2.24) is 40.0 Å². The van der Waals surface area contributed by atoms with Crippen LogP contribution in [0, 0.1) is 18.3 Å². The Morgan fingerprint density at radius 2 is 1.77 bits per heavy atom. The summed E-state index contributed by atoms with van der Waals surface area (Å²) in [5, 5.41) is 19.9. The minimum Gasteiger partial charge on any atom is -0.467 e. The van der Waals surface area contributed by atoms with Crippen LogP contribution < -0.4 is 15.0 Å². The van der Waals surface area contributed by atoms with Crippen molar-refractivity contribution < 1.29 is 9.53 Å². The molecule has 0 bridgehead atoms. The molecule has 4 heterocycles. The molecule has 0 aliphatic carbocycles. The monoisotopic (exact) mass is 645 g/mol. The summed E-state index contributed by atoms with van der Waals surface area (Å²) in [5.74, 6) is 0.993. The van der Waals surface area contributed by atoms with Crippen molar-refractivity contribution in [2.75, 3.05) is 30.9 Å². The molecule has 0 spiro atoms. The van der Waals surface area contributed by atoms with Gasteiger partial charge in [-0.05, 0) is 43.9 Å². The van der Waals surface area contributed by atoms with Gasteiger partial charge in [-0.25, -0.2) is 29.7 Å². The van der Waals surface area contributed by atoms with Gasteiger partial charge in [0.25, 0.3) is 0 Å². The standard InChI is InChI=1S/C35H39N11O2/c1-5-10-29(13-9-16-37-33-39-19-27(17-36)32(43-33)30-22-42-44-24(30)2)46(35(47)45(3)23-25-11-7-6-8-12-25)31-15-14-26(18-38-31)28-20-40-34(48-4)41-21-28/h6-8,11-12,14-15,18-22,29H,5,9-10,13,16,23H2,1-4H3,(H,42,44)(H,37,39,43)/t29-/m0/s1. The molecule has 5 aromatic rings. The van der Waals surface area contributed by atoms with Crippen LogP contribution in [0.15, 0.2) is 73.4 Å². The number of nitrogens with zero attached hydrogens (tertiary/aromatic N) is 9. The van der Waals surface area contributed by atoms with Gasteiger partial charge in [-0.15, -0.1) is 0 Å². The zero-order chi connectivity index (χ0) is 33.9. The maximum Gasteiger partial charge on any atom is 0.325 e. The summed E-state index contributed by atoms with van der Waals surface area (Å²) in [6, 6.07) is 15.9. The number of rotatable bonds is 14. The Kier molecular flexibility index (Phi) is 11.2. The number of aromatic nitrogens is 7. The summed E-state index contributed by atoms with van der Waals surface area (Å²) < 4.78 is 5.08. The minimum absolute atomic E-state index is 0.115. The topological polar surface area (TPSA) is 162 Å². The zero-order valence-electron chi connectivity index (χ0n) is 27.6. The van der Waals surface area contributed by atoms with Gasteiger partial charge in [0.05, 0.1) is 30.8 Å². The number of ether oxygens (including phenoxy) is 1. The highest BCUT2D eigenvalue weighted by Gasteiger charge is 2.28. The van der Waals surface area contributed by atoms with Gasteiger partial charge in [-0.3, -0.25) is 10.00 Å².